The van der Waals surface area contributed by atoms with Crippen molar-refractivity contribution in [3.63, 3.8) is 0 Å². The lowest BCUT2D eigenvalue weighted by Crippen LogP contribution is -2.05. The second kappa shape index (κ2) is 7.58. The van der Waals surface area contributed by atoms with E-state index in [9.17, 15) is 10.1 Å². The largest absolute Gasteiger partial charge is 0.353 e. The molecule has 3 rings (SSSR count). The Bertz CT molecular complexity index is 919. The van der Waals surface area contributed by atoms with Gasteiger partial charge in [0.25, 0.3) is 0 Å². The molecule has 0 spiro atoms. The first-order chi connectivity index (χ1) is 12.0. The second-order valence-corrected chi connectivity index (χ2v) is 6.78. The van der Waals surface area contributed by atoms with Crippen LogP contribution in [0.3, 0.4) is 0 Å². The maximum absolute atomic E-state index is 11.6. The first kappa shape index (κ1) is 17.3. The molecule has 0 aliphatic heterocycles. The number of nitro groups is 1. The van der Waals surface area contributed by atoms with Gasteiger partial charge in [0.05, 0.1) is 4.92 Å². The van der Waals surface area contributed by atoms with E-state index in [-0.39, 0.29) is 17.3 Å². The SMILES string of the molecule is O=[N+]([O-])c1c(Nc2ccc(Br)cc2)ncnc1Nc1cccc(Br)c1. The number of anilines is 4. The number of halogens is 2. The molecule has 0 aliphatic carbocycles. The Morgan fingerprint density at radius 3 is 2.12 bits per heavy atom. The Kier molecular flexibility index (Phi) is 5.25. The zero-order valence-electron chi connectivity index (χ0n) is 12.6. The summed E-state index contributed by atoms with van der Waals surface area (Å²) >= 11 is 6.71. The smallest absolute Gasteiger partial charge is 0.334 e. The number of aromatic nitrogens is 2. The average molecular weight is 465 g/mol. The fraction of sp³-hybridized carbons (Fsp3) is 0. The van der Waals surface area contributed by atoms with Crippen LogP contribution < -0.4 is 10.6 Å². The van der Waals surface area contributed by atoms with Crippen molar-refractivity contribution in [2.24, 2.45) is 0 Å². The Morgan fingerprint density at radius 1 is 0.880 bits per heavy atom. The normalized spacial score (nSPS) is 10.3. The van der Waals surface area contributed by atoms with Gasteiger partial charge in [-0.3, -0.25) is 10.1 Å². The third kappa shape index (κ3) is 4.31. The van der Waals surface area contributed by atoms with Crippen molar-refractivity contribution < 1.29 is 4.92 Å². The zero-order chi connectivity index (χ0) is 17.8. The minimum Gasteiger partial charge on any atom is -0.334 e. The Hall–Kier alpha value is -2.52. The molecular weight excluding hydrogens is 454 g/mol. The Labute approximate surface area is 159 Å². The molecule has 0 unspecified atom stereocenters. The summed E-state index contributed by atoms with van der Waals surface area (Å²) in [6, 6.07) is 14.5. The lowest BCUT2D eigenvalue weighted by molar-refractivity contribution is -0.383. The molecule has 0 aliphatic rings. The first-order valence-electron chi connectivity index (χ1n) is 7.07. The summed E-state index contributed by atoms with van der Waals surface area (Å²) in [5, 5.41) is 17.5. The minimum atomic E-state index is -0.512. The molecule has 0 saturated carbocycles. The summed E-state index contributed by atoms with van der Waals surface area (Å²) in [5.41, 5.74) is 1.12. The molecule has 0 amide bonds. The number of hydrogen-bond donors (Lipinski definition) is 2. The zero-order valence-corrected chi connectivity index (χ0v) is 15.8. The predicted molar refractivity (Wildman–Crippen MR) is 104 cm³/mol. The summed E-state index contributed by atoms with van der Waals surface area (Å²) in [4.78, 5) is 19.1. The van der Waals surface area contributed by atoms with Crippen molar-refractivity contribution in [1.29, 1.82) is 0 Å². The molecule has 0 radical (unpaired) electrons. The van der Waals surface area contributed by atoms with Crippen LogP contribution >= 0.6 is 31.9 Å². The van der Waals surface area contributed by atoms with E-state index in [0.29, 0.717) is 11.4 Å². The average Bonchev–Trinajstić information content (AvgIpc) is 2.57. The van der Waals surface area contributed by atoms with E-state index in [2.05, 4.69) is 52.5 Å². The van der Waals surface area contributed by atoms with E-state index in [0.717, 1.165) is 8.95 Å². The number of nitrogens with one attached hydrogen (secondary N) is 2. The standard InChI is InChI=1S/C16H11Br2N5O2/c17-10-4-6-12(7-5-10)21-15-14(23(24)25)16(20-9-19-15)22-13-3-1-2-11(18)8-13/h1-9H,(H2,19,20,21,22). The third-order valence-electron chi connectivity index (χ3n) is 3.20. The number of benzene rings is 2. The maximum atomic E-state index is 11.6. The topological polar surface area (TPSA) is 93.0 Å². The molecule has 25 heavy (non-hydrogen) atoms. The molecular formula is C16H11Br2N5O2. The van der Waals surface area contributed by atoms with Gasteiger partial charge in [0.2, 0.25) is 11.6 Å². The number of hydrogen-bond acceptors (Lipinski definition) is 6. The van der Waals surface area contributed by atoms with Gasteiger partial charge >= 0.3 is 5.69 Å². The molecule has 126 valence electrons. The molecule has 0 atom stereocenters. The van der Waals surface area contributed by atoms with Gasteiger partial charge in [-0.1, -0.05) is 37.9 Å². The van der Waals surface area contributed by atoms with Crippen molar-refractivity contribution in [3.05, 3.63) is 73.9 Å². The monoisotopic (exact) mass is 463 g/mol. The van der Waals surface area contributed by atoms with Gasteiger partial charge in [0.15, 0.2) is 0 Å². The molecule has 1 aromatic heterocycles. The summed E-state index contributed by atoms with van der Waals surface area (Å²) < 4.78 is 1.76. The van der Waals surface area contributed by atoms with Crippen LogP contribution in [0.2, 0.25) is 0 Å². The highest BCUT2D eigenvalue weighted by molar-refractivity contribution is 9.10. The quantitative estimate of drug-likeness (QED) is 0.388. The lowest BCUT2D eigenvalue weighted by Gasteiger charge is -2.10. The fourth-order valence-electron chi connectivity index (χ4n) is 2.11. The fourth-order valence-corrected chi connectivity index (χ4v) is 2.77. The van der Waals surface area contributed by atoms with Gasteiger partial charge in [-0.25, -0.2) is 9.97 Å². The van der Waals surface area contributed by atoms with Crippen molar-refractivity contribution in [3.8, 4) is 0 Å². The Balaban J connectivity index is 1.96. The van der Waals surface area contributed by atoms with Crippen LogP contribution in [0.5, 0.6) is 0 Å². The molecule has 2 aromatic carbocycles. The van der Waals surface area contributed by atoms with Crippen LogP contribution in [0.15, 0.2) is 63.8 Å². The molecule has 7 nitrogen and oxygen atoms in total. The highest BCUT2D eigenvalue weighted by Gasteiger charge is 2.23. The number of nitrogens with zero attached hydrogens (tertiary/aromatic N) is 3. The molecule has 9 heteroatoms. The van der Waals surface area contributed by atoms with Crippen molar-refractivity contribution in [2.75, 3.05) is 10.6 Å². The van der Waals surface area contributed by atoms with Crippen LogP contribution in [0.1, 0.15) is 0 Å². The number of rotatable bonds is 5. The van der Waals surface area contributed by atoms with E-state index in [1.54, 1.807) is 24.3 Å². The molecule has 1 heterocycles. The van der Waals surface area contributed by atoms with Gasteiger partial charge in [0.1, 0.15) is 6.33 Å². The predicted octanol–water partition coefficient (Wildman–Crippen LogP) is 5.40. The van der Waals surface area contributed by atoms with Gasteiger partial charge in [-0.05, 0) is 42.5 Å². The van der Waals surface area contributed by atoms with Gasteiger partial charge in [-0.15, -0.1) is 0 Å². The highest BCUT2D eigenvalue weighted by atomic mass is 79.9. The first-order valence-corrected chi connectivity index (χ1v) is 8.66. The molecule has 0 fully saturated rings. The minimum absolute atomic E-state index is 0.109. The van der Waals surface area contributed by atoms with Gasteiger partial charge in [0, 0.05) is 20.3 Å². The highest BCUT2D eigenvalue weighted by Crippen LogP contribution is 2.33. The Morgan fingerprint density at radius 2 is 1.52 bits per heavy atom. The van der Waals surface area contributed by atoms with Crippen LogP contribution in [0, 0.1) is 10.1 Å². The molecule has 0 saturated heterocycles. The maximum Gasteiger partial charge on any atom is 0.353 e. The molecule has 3 aromatic rings. The van der Waals surface area contributed by atoms with Crippen LogP contribution in [-0.2, 0) is 0 Å². The lowest BCUT2D eigenvalue weighted by atomic mass is 10.3. The van der Waals surface area contributed by atoms with E-state index in [1.807, 2.05) is 24.3 Å². The summed E-state index contributed by atoms with van der Waals surface area (Å²) in [6.45, 7) is 0. The van der Waals surface area contributed by atoms with E-state index in [1.165, 1.54) is 6.33 Å². The third-order valence-corrected chi connectivity index (χ3v) is 4.22. The van der Waals surface area contributed by atoms with Crippen molar-refractivity contribution >= 4 is 60.6 Å². The summed E-state index contributed by atoms with van der Waals surface area (Å²) in [5.74, 6) is 0.220. The van der Waals surface area contributed by atoms with E-state index < -0.39 is 4.92 Å². The van der Waals surface area contributed by atoms with E-state index >= 15 is 0 Å². The van der Waals surface area contributed by atoms with E-state index in [4.69, 9.17) is 0 Å². The van der Waals surface area contributed by atoms with Gasteiger partial charge in [-0.2, -0.15) is 0 Å². The van der Waals surface area contributed by atoms with Crippen LogP contribution in [-0.4, -0.2) is 14.9 Å². The van der Waals surface area contributed by atoms with Crippen LogP contribution in [0.4, 0.5) is 28.7 Å². The summed E-state index contributed by atoms with van der Waals surface area (Å²) in [6.07, 6.45) is 1.27. The van der Waals surface area contributed by atoms with Crippen LogP contribution in [0.25, 0.3) is 0 Å². The summed E-state index contributed by atoms with van der Waals surface area (Å²) in [7, 11) is 0. The molecule has 0 bridgehead atoms. The molecule has 2 N–H and O–H groups in total. The van der Waals surface area contributed by atoms with Gasteiger partial charge < -0.3 is 10.6 Å². The van der Waals surface area contributed by atoms with Crippen molar-refractivity contribution in [1.82, 2.24) is 9.97 Å². The second-order valence-electron chi connectivity index (χ2n) is 4.94. The van der Waals surface area contributed by atoms with Crippen molar-refractivity contribution in [2.45, 2.75) is 0 Å².